The molecule has 5 nitrogen and oxygen atoms in total. The van der Waals surface area contributed by atoms with Crippen LogP contribution in [0.15, 0.2) is 24.3 Å². The number of benzene rings is 1. The van der Waals surface area contributed by atoms with E-state index in [1.807, 2.05) is 0 Å². The minimum atomic E-state index is -1.91. The SMILES string of the molecule is CSCC(N)(C(=O)O)C(=O)Cc1ccccc1O. The van der Waals surface area contributed by atoms with Gasteiger partial charge in [-0.15, -0.1) is 0 Å². The van der Waals surface area contributed by atoms with Gasteiger partial charge in [0.25, 0.3) is 0 Å². The summed E-state index contributed by atoms with van der Waals surface area (Å²) in [5, 5.41) is 18.6. The zero-order valence-electron chi connectivity index (χ0n) is 9.92. The molecule has 0 saturated carbocycles. The molecule has 0 aliphatic heterocycles. The molecule has 98 valence electrons. The monoisotopic (exact) mass is 269 g/mol. The standard InChI is InChI=1S/C12H15NO4S/c1-18-7-12(13,11(16)17)10(15)6-8-4-2-3-5-9(8)14/h2-5,14H,6-7,13H2,1H3,(H,16,17). The quantitative estimate of drug-likeness (QED) is 0.655. The second kappa shape index (κ2) is 5.88. The molecule has 0 radical (unpaired) electrons. The summed E-state index contributed by atoms with van der Waals surface area (Å²) in [6.07, 6.45) is 1.48. The highest BCUT2D eigenvalue weighted by Gasteiger charge is 2.41. The van der Waals surface area contributed by atoms with E-state index < -0.39 is 17.3 Å². The maximum atomic E-state index is 12.0. The minimum Gasteiger partial charge on any atom is -0.508 e. The van der Waals surface area contributed by atoms with E-state index in [4.69, 9.17) is 10.8 Å². The Kier molecular flexibility index (Phi) is 4.75. The zero-order chi connectivity index (χ0) is 13.8. The van der Waals surface area contributed by atoms with Crippen molar-refractivity contribution >= 4 is 23.5 Å². The first-order valence-electron chi connectivity index (χ1n) is 5.23. The van der Waals surface area contributed by atoms with Crippen LogP contribution < -0.4 is 5.73 Å². The molecular formula is C12H15NO4S. The van der Waals surface area contributed by atoms with E-state index in [0.717, 1.165) is 0 Å². The van der Waals surface area contributed by atoms with Gasteiger partial charge in [0.1, 0.15) is 5.75 Å². The normalized spacial score (nSPS) is 13.9. The highest BCUT2D eigenvalue weighted by Crippen LogP contribution is 2.20. The lowest BCUT2D eigenvalue weighted by atomic mass is 9.92. The molecular weight excluding hydrogens is 254 g/mol. The molecule has 1 aromatic carbocycles. The number of carboxylic acid groups (broad SMARTS) is 1. The number of phenolic OH excluding ortho intramolecular Hbond substituents is 1. The molecule has 0 saturated heterocycles. The van der Waals surface area contributed by atoms with Crippen LogP contribution in [0.5, 0.6) is 5.75 Å². The van der Waals surface area contributed by atoms with Gasteiger partial charge in [-0.3, -0.25) is 4.79 Å². The van der Waals surface area contributed by atoms with Crippen molar-refractivity contribution in [2.24, 2.45) is 5.73 Å². The highest BCUT2D eigenvalue weighted by atomic mass is 32.2. The minimum absolute atomic E-state index is 0.00520. The molecule has 6 heteroatoms. The fraction of sp³-hybridized carbons (Fsp3) is 0.333. The summed E-state index contributed by atoms with van der Waals surface area (Å²) in [4.78, 5) is 23.1. The molecule has 1 unspecified atom stereocenters. The van der Waals surface area contributed by atoms with Gasteiger partial charge in [0.05, 0.1) is 0 Å². The summed E-state index contributed by atoms with van der Waals surface area (Å²) in [6.45, 7) is 0. The number of hydrogen-bond donors (Lipinski definition) is 3. The number of nitrogens with two attached hydrogens (primary N) is 1. The highest BCUT2D eigenvalue weighted by molar-refractivity contribution is 7.98. The number of thioether (sulfide) groups is 1. The van der Waals surface area contributed by atoms with E-state index in [1.54, 1.807) is 24.5 Å². The van der Waals surface area contributed by atoms with Crippen molar-refractivity contribution < 1.29 is 19.8 Å². The lowest BCUT2D eigenvalue weighted by Crippen LogP contribution is -2.57. The Morgan fingerprint density at radius 3 is 2.50 bits per heavy atom. The number of aliphatic carboxylic acids is 1. The number of carbonyl (C=O) groups is 2. The van der Waals surface area contributed by atoms with Crippen molar-refractivity contribution in [3.63, 3.8) is 0 Å². The first kappa shape index (κ1) is 14.5. The summed E-state index contributed by atoms with van der Waals surface area (Å²) in [6, 6.07) is 6.29. The number of phenols is 1. The number of Topliss-reactive ketones (excluding diaryl/α,β-unsaturated/α-hetero) is 1. The number of carbonyl (C=O) groups excluding carboxylic acids is 1. The topological polar surface area (TPSA) is 101 Å². The van der Waals surface area contributed by atoms with Gasteiger partial charge >= 0.3 is 5.97 Å². The predicted molar refractivity (Wildman–Crippen MR) is 69.8 cm³/mol. The molecule has 4 N–H and O–H groups in total. The fourth-order valence-electron chi connectivity index (χ4n) is 1.48. The molecule has 0 heterocycles. The van der Waals surface area contributed by atoms with Crippen molar-refractivity contribution in [2.45, 2.75) is 12.0 Å². The summed E-state index contributed by atoms with van der Waals surface area (Å²) in [5.41, 5.74) is 4.10. The summed E-state index contributed by atoms with van der Waals surface area (Å²) >= 11 is 1.19. The molecule has 0 aliphatic rings. The van der Waals surface area contributed by atoms with Gasteiger partial charge in [0.15, 0.2) is 11.3 Å². The van der Waals surface area contributed by atoms with Gasteiger partial charge in [-0.25, -0.2) is 4.79 Å². The third-order valence-corrected chi connectivity index (χ3v) is 3.34. The van der Waals surface area contributed by atoms with Crippen LogP contribution in [-0.4, -0.2) is 39.5 Å². The van der Waals surface area contributed by atoms with Crippen molar-refractivity contribution in [3.05, 3.63) is 29.8 Å². The van der Waals surface area contributed by atoms with E-state index >= 15 is 0 Å². The summed E-state index contributed by atoms with van der Waals surface area (Å²) < 4.78 is 0. The van der Waals surface area contributed by atoms with Crippen LogP contribution in [0, 0.1) is 0 Å². The Hall–Kier alpha value is -1.53. The maximum Gasteiger partial charge on any atom is 0.332 e. The van der Waals surface area contributed by atoms with Crippen LogP contribution in [0.2, 0.25) is 0 Å². The van der Waals surface area contributed by atoms with Crippen molar-refractivity contribution in [1.29, 1.82) is 0 Å². The molecule has 0 bridgehead atoms. The molecule has 0 fully saturated rings. The molecule has 1 aromatic rings. The van der Waals surface area contributed by atoms with Crippen molar-refractivity contribution in [2.75, 3.05) is 12.0 Å². The van der Waals surface area contributed by atoms with Crippen LogP contribution in [0.4, 0.5) is 0 Å². The van der Waals surface area contributed by atoms with Crippen molar-refractivity contribution in [1.82, 2.24) is 0 Å². The Bertz CT molecular complexity index is 463. The zero-order valence-corrected chi connectivity index (χ0v) is 10.7. The largest absolute Gasteiger partial charge is 0.508 e. The van der Waals surface area contributed by atoms with Crippen LogP contribution in [-0.2, 0) is 16.0 Å². The van der Waals surface area contributed by atoms with E-state index in [2.05, 4.69) is 0 Å². The van der Waals surface area contributed by atoms with Gasteiger partial charge in [-0.05, 0) is 12.3 Å². The number of rotatable bonds is 6. The average Bonchev–Trinajstić information content (AvgIpc) is 2.32. The van der Waals surface area contributed by atoms with E-state index in [0.29, 0.717) is 5.56 Å². The van der Waals surface area contributed by atoms with Crippen LogP contribution >= 0.6 is 11.8 Å². The Morgan fingerprint density at radius 2 is 2.00 bits per heavy atom. The number of carboxylic acids is 1. The maximum absolute atomic E-state index is 12.0. The molecule has 0 spiro atoms. The van der Waals surface area contributed by atoms with Gasteiger partial charge in [0.2, 0.25) is 0 Å². The molecule has 1 rings (SSSR count). The first-order valence-corrected chi connectivity index (χ1v) is 6.62. The van der Waals surface area contributed by atoms with Crippen LogP contribution in [0.25, 0.3) is 0 Å². The number of hydrogen-bond acceptors (Lipinski definition) is 5. The summed E-state index contributed by atoms with van der Waals surface area (Å²) in [5.74, 6) is -2.01. The van der Waals surface area contributed by atoms with Gasteiger partial charge in [-0.1, -0.05) is 18.2 Å². The number of para-hydroxylation sites is 1. The fourth-order valence-corrected chi connectivity index (χ4v) is 2.22. The second-order valence-electron chi connectivity index (χ2n) is 3.94. The van der Waals surface area contributed by atoms with Gasteiger partial charge in [-0.2, -0.15) is 11.8 Å². The summed E-state index contributed by atoms with van der Waals surface area (Å²) in [7, 11) is 0. The van der Waals surface area contributed by atoms with E-state index in [9.17, 15) is 14.7 Å². The van der Waals surface area contributed by atoms with Crippen LogP contribution in [0.1, 0.15) is 5.56 Å². The lowest BCUT2D eigenvalue weighted by molar-refractivity contribution is -0.146. The van der Waals surface area contributed by atoms with Gasteiger partial charge in [0, 0.05) is 17.7 Å². The molecule has 0 amide bonds. The Labute approximate surface area is 109 Å². The lowest BCUT2D eigenvalue weighted by Gasteiger charge is -2.22. The Balaban J connectivity index is 2.93. The number of aromatic hydroxyl groups is 1. The molecule has 18 heavy (non-hydrogen) atoms. The third-order valence-electron chi connectivity index (χ3n) is 2.59. The third kappa shape index (κ3) is 3.02. The predicted octanol–water partition coefficient (Wildman–Crippen LogP) is 0.649. The molecule has 0 aromatic heterocycles. The van der Waals surface area contributed by atoms with Gasteiger partial charge < -0.3 is 15.9 Å². The molecule has 0 aliphatic carbocycles. The smallest absolute Gasteiger partial charge is 0.332 e. The van der Waals surface area contributed by atoms with Crippen molar-refractivity contribution in [3.8, 4) is 5.75 Å². The van der Waals surface area contributed by atoms with E-state index in [-0.39, 0.29) is 17.9 Å². The average molecular weight is 269 g/mol. The second-order valence-corrected chi connectivity index (χ2v) is 4.80. The van der Waals surface area contributed by atoms with Crippen LogP contribution in [0.3, 0.4) is 0 Å². The number of ketones is 1. The Morgan fingerprint density at radius 1 is 1.39 bits per heavy atom. The van der Waals surface area contributed by atoms with E-state index in [1.165, 1.54) is 17.8 Å². The molecule has 1 atom stereocenters. The first-order chi connectivity index (χ1) is 8.41.